The molecule has 5 rings (SSSR count). The molecule has 0 aliphatic rings. The fourth-order valence-corrected chi connectivity index (χ4v) is 4.90. The van der Waals surface area contributed by atoms with Gasteiger partial charge in [0.1, 0.15) is 11.4 Å². The topological polar surface area (TPSA) is 137 Å². The number of pyridine rings is 1. The molecule has 1 aromatic carbocycles. The monoisotopic (exact) mass is 548 g/mol. The summed E-state index contributed by atoms with van der Waals surface area (Å²) < 4.78 is 33.4. The van der Waals surface area contributed by atoms with Gasteiger partial charge in [0.15, 0.2) is 21.2 Å². The van der Waals surface area contributed by atoms with Gasteiger partial charge in [0.25, 0.3) is 5.91 Å². The number of nitrogens with zero attached hydrogens (tertiary/aromatic N) is 7. The molecule has 0 fully saturated rings. The number of hydrogen-bond donors (Lipinski definition) is 1. The van der Waals surface area contributed by atoms with Crippen LogP contribution in [0.4, 0.5) is 0 Å². The van der Waals surface area contributed by atoms with Crippen LogP contribution in [0.1, 0.15) is 16.9 Å². The molecule has 0 unspecified atom stereocenters. The molecule has 39 heavy (non-hydrogen) atoms. The second kappa shape index (κ2) is 10.4. The van der Waals surface area contributed by atoms with E-state index in [2.05, 4.69) is 25.5 Å². The van der Waals surface area contributed by atoms with Crippen molar-refractivity contribution in [1.82, 2.24) is 39.6 Å². The summed E-state index contributed by atoms with van der Waals surface area (Å²) in [5.74, 6) is 0.0312. The Morgan fingerprint density at radius 3 is 2.72 bits per heavy atom. The Balaban J connectivity index is 1.68. The van der Waals surface area contributed by atoms with Crippen LogP contribution in [0.2, 0.25) is 0 Å². The van der Waals surface area contributed by atoms with Gasteiger partial charge in [-0.2, -0.15) is 10.2 Å². The number of carbonyl (C=O) groups is 1. The highest BCUT2D eigenvalue weighted by atomic mass is 32.2. The number of benzene rings is 1. The molecule has 0 aliphatic heterocycles. The smallest absolute Gasteiger partial charge is 0.272 e. The number of rotatable bonds is 9. The van der Waals surface area contributed by atoms with Gasteiger partial charge in [0.05, 0.1) is 40.4 Å². The van der Waals surface area contributed by atoms with E-state index in [0.29, 0.717) is 45.8 Å². The fourth-order valence-electron chi connectivity index (χ4n) is 4.26. The number of aromatic nitrogens is 6. The lowest BCUT2D eigenvalue weighted by Gasteiger charge is -2.11. The lowest BCUT2D eigenvalue weighted by molar-refractivity contribution is 0.0948. The number of nitrogens with one attached hydrogen (secondary N) is 1. The summed E-state index contributed by atoms with van der Waals surface area (Å²) in [5.41, 5.74) is 2.94. The third-order valence-corrected chi connectivity index (χ3v) is 7.32. The van der Waals surface area contributed by atoms with Crippen molar-refractivity contribution in [2.24, 2.45) is 0 Å². The average Bonchev–Trinajstić information content (AvgIpc) is 3.51. The largest absolute Gasteiger partial charge is 0.494 e. The quantitative estimate of drug-likeness (QED) is 0.275. The number of methoxy groups -OCH3 is 1. The van der Waals surface area contributed by atoms with E-state index < -0.39 is 9.84 Å². The van der Waals surface area contributed by atoms with Crippen LogP contribution in [0.15, 0.2) is 60.0 Å². The molecular weight excluding hydrogens is 520 g/mol. The highest BCUT2D eigenvalue weighted by Gasteiger charge is 2.23. The first-order chi connectivity index (χ1) is 18.7. The van der Waals surface area contributed by atoms with Crippen molar-refractivity contribution >= 4 is 32.3 Å². The Bertz CT molecular complexity index is 1790. The van der Waals surface area contributed by atoms with Crippen molar-refractivity contribution in [2.75, 3.05) is 40.6 Å². The van der Waals surface area contributed by atoms with E-state index in [4.69, 9.17) is 4.74 Å². The summed E-state index contributed by atoms with van der Waals surface area (Å²) in [7, 11) is 1.90. The van der Waals surface area contributed by atoms with Gasteiger partial charge >= 0.3 is 0 Å². The van der Waals surface area contributed by atoms with E-state index in [0.717, 1.165) is 19.2 Å². The predicted molar refractivity (Wildman–Crippen MR) is 146 cm³/mol. The first-order valence-electron chi connectivity index (χ1n) is 12.2. The van der Waals surface area contributed by atoms with Gasteiger partial charge in [-0.3, -0.25) is 9.78 Å². The van der Waals surface area contributed by atoms with Gasteiger partial charge in [-0.15, -0.1) is 0 Å². The molecule has 1 N–H and O–H groups in total. The Morgan fingerprint density at radius 1 is 1.15 bits per heavy atom. The molecule has 0 saturated heterocycles. The van der Waals surface area contributed by atoms with Crippen LogP contribution < -0.4 is 10.1 Å². The van der Waals surface area contributed by atoms with E-state index in [1.807, 2.05) is 19.0 Å². The third kappa shape index (κ3) is 5.18. The minimum absolute atomic E-state index is 0.0951. The maximum atomic E-state index is 13.2. The third-order valence-electron chi connectivity index (χ3n) is 6.21. The van der Waals surface area contributed by atoms with Gasteiger partial charge < -0.3 is 15.0 Å². The number of sulfone groups is 1. The number of ether oxygens (including phenoxy) is 1. The van der Waals surface area contributed by atoms with Gasteiger partial charge in [-0.05, 0) is 57.4 Å². The molecule has 0 spiro atoms. The SMILES string of the molecule is COc1ccc(S(C)(=O)=O)cc1-n1nc(C(=O)NCCCN(C)C)c2cnc(-c3cnn4cccnc34)cc21. The second-order valence-electron chi connectivity index (χ2n) is 9.31. The van der Waals surface area contributed by atoms with Crippen LogP contribution in [-0.4, -0.2) is 89.1 Å². The Hall–Kier alpha value is -4.36. The van der Waals surface area contributed by atoms with Crippen molar-refractivity contribution in [3.8, 4) is 22.7 Å². The van der Waals surface area contributed by atoms with E-state index in [-0.39, 0.29) is 16.5 Å². The van der Waals surface area contributed by atoms with Crippen molar-refractivity contribution < 1.29 is 17.9 Å². The average molecular weight is 549 g/mol. The molecule has 0 radical (unpaired) electrons. The molecule has 4 aromatic heterocycles. The van der Waals surface area contributed by atoms with Gasteiger partial charge in [-0.1, -0.05) is 0 Å². The molecular formula is C26H28N8O4S. The van der Waals surface area contributed by atoms with Crippen molar-refractivity contribution in [1.29, 1.82) is 0 Å². The molecule has 0 aliphatic carbocycles. The Morgan fingerprint density at radius 2 is 1.97 bits per heavy atom. The van der Waals surface area contributed by atoms with E-state index in [9.17, 15) is 13.2 Å². The number of fused-ring (bicyclic) bond motifs is 2. The van der Waals surface area contributed by atoms with E-state index in [1.165, 1.54) is 23.9 Å². The maximum absolute atomic E-state index is 13.2. The molecule has 4 heterocycles. The number of amides is 1. The van der Waals surface area contributed by atoms with Gasteiger partial charge in [0.2, 0.25) is 0 Å². The van der Waals surface area contributed by atoms with Gasteiger partial charge in [0, 0.05) is 31.4 Å². The summed E-state index contributed by atoms with van der Waals surface area (Å²) >= 11 is 0. The van der Waals surface area contributed by atoms with Crippen molar-refractivity contribution in [3.05, 3.63) is 60.8 Å². The number of hydrogen-bond acceptors (Lipinski definition) is 9. The molecule has 12 nitrogen and oxygen atoms in total. The minimum Gasteiger partial charge on any atom is -0.494 e. The minimum atomic E-state index is -3.52. The number of carbonyl (C=O) groups excluding carboxylic acids is 1. The summed E-state index contributed by atoms with van der Waals surface area (Å²) in [6, 6.07) is 8.08. The lowest BCUT2D eigenvalue weighted by atomic mass is 10.1. The van der Waals surface area contributed by atoms with E-state index in [1.54, 1.807) is 47.5 Å². The summed E-state index contributed by atoms with van der Waals surface area (Å²) in [6.07, 6.45) is 8.61. The molecule has 0 atom stereocenters. The standard InChI is InChI=1S/C26H28N8O4S/c1-32(2)11-5-10-28-26(35)24-19-15-29-20(18-16-30-33-12-6-9-27-25(18)33)14-21(19)34(31-24)22-13-17(39(4,36)37)7-8-23(22)38-3/h6-9,12-16H,5,10-11H2,1-4H3,(H,28,35). The van der Waals surface area contributed by atoms with Crippen molar-refractivity contribution in [3.63, 3.8) is 0 Å². The zero-order valence-corrected chi connectivity index (χ0v) is 22.8. The van der Waals surface area contributed by atoms with Crippen LogP contribution in [0, 0.1) is 0 Å². The fraction of sp³-hybridized carbons (Fsp3) is 0.269. The Kier molecular flexibility index (Phi) is 7.02. The molecule has 202 valence electrons. The maximum Gasteiger partial charge on any atom is 0.272 e. The first-order valence-corrected chi connectivity index (χ1v) is 14.1. The summed E-state index contributed by atoms with van der Waals surface area (Å²) in [4.78, 5) is 24.4. The van der Waals surface area contributed by atoms with Crippen LogP contribution in [0.3, 0.4) is 0 Å². The normalized spacial score (nSPS) is 11.9. The molecule has 0 saturated carbocycles. The second-order valence-corrected chi connectivity index (χ2v) is 11.3. The van der Waals surface area contributed by atoms with Crippen molar-refractivity contribution in [2.45, 2.75) is 11.3 Å². The zero-order chi connectivity index (χ0) is 27.7. The molecule has 13 heteroatoms. The van der Waals surface area contributed by atoms with Crippen LogP contribution in [0.5, 0.6) is 5.75 Å². The van der Waals surface area contributed by atoms with Crippen LogP contribution in [0.25, 0.3) is 33.5 Å². The molecule has 1 amide bonds. The van der Waals surface area contributed by atoms with Crippen LogP contribution >= 0.6 is 0 Å². The zero-order valence-electron chi connectivity index (χ0n) is 22.0. The highest BCUT2D eigenvalue weighted by Crippen LogP contribution is 2.32. The van der Waals surface area contributed by atoms with E-state index >= 15 is 0 Å². The van der Waals surface area contributed by atoms with Gasteiger partial charge in [-0.25, -0.2) is 22.6 Å². The summed E-state index contributed by atoms with van der Waals surface area (Å²) in [6.45, 7) is 1.29. The summed E-state index contributed by atoms with van der Waals surface area (Å²) in [5, 5.41) is 12.4. The first kappa shape index (κ1) is 26.3. The Labute approximate surface area is 225 Å². The highest BCUT2D eigenvalue weighted by molar-refractivity contribution is 7.90. The predicted octanol–water partition coefficient (Wildman–Crippen LogP) is 2.22. The van der Waals surface area contributed by atoms with Crippen LogP contribution in [-0.2, 0) is 9.84 Å². The molecule has 0 bridgehead atoms. The lowest BCUT2D eigenvalue weighted by Crippen LogP contribution is -2.27. The molecule has 5 aromatic rings.